The normalized spacial score (nSPS) is 14.1. The zero-order valence-electron chi connectivity index (χ0n) is 13.4. The van der Waals surface area contributed by atoms with Crippen LogP contribution >= 0.6 is 0 Å². The summed E-state index contributed by atoms with van der Waals surface area (Å²) in [5.41, 5.74) is 2.05. The maximum atomic E-state index is 12.6. The lowest BCUT2D eigenvalue weighted by molar-refractivity contribution is -0.111. The van der Waals surface area contributed by atoms with E-state index in [4.69, 9.17) is 0 Å². The number of benzene rings is 2. The SMILES string of the molecule is O=C(/C=C/c1ccccc1)Nc1ccccc1C(=O)N1CCCC1. The molecule has 1 aliphatic rings. The van der Waals surface area contributed by atoms with Gasteiger partial charge in [0, 0.05) is 19.2 Å². The molecular weight excluding hydrogens is 300 g/mol. The van der Waals surface area contributed by atoms with Crippen molar-refractivity contribution in [3.8, 4) is 0 Å². The minimum absolute atomic E-state index is 0.0181. The van der Waals surface area contributed by atoms with Gasteiger partial charge in [-0.2, -0.15) is 0 Å². The first-order valence-corrected chi connectivity index (χ1v) is 8.16. The zero-order valence-corrected chi connectivity index (χ0v) is 13.4. The van der Waals surface area contributed by atoms with Gasteiger partial charge in [0.2, 0.25) is 5.91 Å². The van der Waals surface area contributed by atoms with Gasteiger partial charge in [-0.25, -0.2) is 0 Å². The van der Waals surface area contributed by atoms with E-state index in [1.54, 1.807) is 18.2 Å². The van der Waals surface area contributed by atoms with E-state index < -0.39 is 0 Å². The molecule has 2 aromatic carbocycles. The summed E-state index contributed by atoms with van der Waals surface area (Å²) in [6.07, 6.45) is 5.31. The highest BCUT2D eigenvalue weighted by Gasteiger charge is 2.21. The number of para-hydroxylation sites is 1. The molecular formula is C20H20N2O2. The van der Waals surface area contributed by atoms with Gasteiger partial charge >= 0.3 is 0 Å². The lowest BCUT2D eigenvalue weighted by atomic mass is 10.1. The molecule has 3 rings (SSSR count). The van der Waals surface area contributed by atoms with Gasteiger partial charge in [0.15, 0.2) is 0 Å². The van der Waals surface area contributed by atoms with E-state index in [1.807, 2.05) is 47.4 Å². The molecule has 1 aliphatic heterocycles. The summed E-state index contributed by atoms with van der Waals surface area (Å²) in [7, 11) is 0. The minimum Gasteiger partial charge on any atom is -0.339 e. The van der Waals surface area contributed by atoms with Crippen LogP contribution in [-0.4, -0.2) is 29.8 Å². The van der Waals surface area contributed by atoms with Crippen molar-refractivity contribution in [3.63, 3.8) is 0 Å². The first kappa shape index (κ1) is 16.0. The van der Waals surface area contributed by atoms with Crippen LogP contribution in [0.25, 0.3) is 6.08 Å². The Hall–Kier alpha value is -2.88. The maximum absolute atomic E-state index is 12.6. The molecule has 4 heteroatoms. The van der Waals surface area contributed by atoms with Gasteiger partial charge in [0.05, 0.1) is 11.3 Å². The van der Waals surface area contributed by atoms with Crippen molar-refractivity contribution in [2.75, 3.05) is 18.4 Å². The van der Waals surface area contributed by atoms with Crippen LogP contribution in [0.2, 0.25) is 0 Å². The van der Waals surface area contributed by atoms with E-state index in [-0.39, 0.29) is 11.8 Å². The van der Waals surface area contributed by atoms with E-state index in [0.717, 1.165) is 31.5 Å². The van der Waals surface area contributed by atoms with Crippen molar-refractivity contribution in [1.82, 2.24) is 4.90 Å². The van der Waals surface area contributed by atoms with Crippen LogP contribution in [0.15, 0.2) is 60.7 Å². The summed E-state index contributed by atoms with van der Waals surface area (Å²) < 4.78 is 0. The summed E-state index contributed by atoms with van der Waals surface area (Å²) in [5, 5.41) is 2.81. The second-order valence-electron chi connectivity index (χ2n) is 5.78. The Morgan fingerprint density at radius 1 is 0.917 bits per heavy atom. The quantitative estimate of drug-likeness (QED) is 0.876. The van der Waals surface area contributed by atoms with Crippen LogP contribution in [0.4, 0.5) is 5.69 Å². The summed E-state index contributed by atoms with van der Waals surface area (Å²) in [6, 6.07) is 16.8. The van der Waals surface area contributed by atoms with Crippen LogP contribution < -0.4 is 5.32 Å². The third-order valence-electron chi connectivity index (χ3n) is 4.04. The maximum Gasteiger partial charge on any atom is 0.255 e. The Balaban J connectivity index is 1.72. The van der Waals surface area contributed by atoms with Gasteiger partial charge in [-0.15, -0.1) is 0 Å². The first-order chi connectivity index (χ1) is 11.7. The second kappa shape index (κ2) is 7.59. The number of nitrogens with zero attached hydrogens (tertiary/aromatic N) is 1. The highest BCUT2D eigenvalue weighted by atomic mass is 16.2. The van der Waals surface area contributed by atoms with E-state index in [9.17, 15) is 9.59 Å². The van der Waals surface area contributed by atoms with Crippen molar-refractivity contribution in [2.45, 2.75) is 12.8 Å². The second-order valence-corrected chi connectivity index (χ2v) is 5.78. The smallest absolute Gasteiger partial charge is 0.255 e. The molecule has 24 heavy (non-hydrogen) atoms. The molecule has 2 amide bonds. The Morgan fingerprint density at radius 2 is 1.58 bits per heavy atom. The summed E-state index contributed by atoms with van der Waals surface area (Å²) >= 11 is 0. The van der Waals surface area contributed by atoms with Crippen molar-refractivity contribution < 1.29 is 9.59 Å². The van der Waals surface area contributed by atoms with Crippen LogP contribution in [0, 0.1) is 0 Å². The first-order valence-electron chi connectivity index (χ1n) is 8.16. The third kappa shape index (κ3) is 3.90. The van der Waals surface area contributed by atoms with E-state index >= 15 is 0 Å². The monoisotopic (exact) mass is 320 g/mol. The largest absolute Gasteiger partial charge is 0.339 e. The molecule has 0 radical (unpaired) electrons. The number of anilines is 1. The number of carbonyl (C=O) groups is 2. The van der Waals surface area contributed by atoms with Gasteiger partial charge in [-0.3, -0.25) is 9.59 Å². The fourth-order valence-corrected chi connectivity index (χ4v) is 2.78. The van der Waals surface area contributed by atoms with Crippen molar-refractivity contribution in [2.24, 2.45) is 0 Å². The Bertz CT molecular complexity index is 747. The third-order valence-corrected chi connectivity index (χ3v) is 4.04. The Kier molecular flexibility index (Phi) is 5.06. The number of hydrogen-bond donors (Lipinski definition) is 1. The Morgan fingerprint density at radius 3 is 2.33 bits per heavy atom. The molecule has 0 aliphatic carbocycles. The highest BCUT2D eigenvalue weighted by molar-refractivity contribution is 6.07. The van der Waals surface area contributed by atoms with Crippen LogP contribution in [-0.2, 0) is 4.79 Å². The standard InChI is InChI=1S/C20H20N2O2/c23-19(13-12-16-8-2-1-3-9-16)21-18-11-5-4-10-17(18)20(24)22-14-6-7-15-22/h1-5,8-13H,6-7,14-15H2,(H,21,23)/b13-12+. The summed E-state index contributed by atoms with van der Waals surface area (Å²) in [4.78, 5) is 26.6. The molecule has 0 atom stereocenters. The van der Waals surface area contributed by atoms with E-state index in [0.29, 0.717) is 11.3 Å². The number of rotatable bonds is 4. The molecule has 1 fully saturated rings. The van der Waals surface area contributed by atoms with Crippen LogP contribution in [0.5, 0.6) is 0 Å². The van der Waals surface area contributed by atoms with Gasteiger partial charge in [0.25, 0.3) is 5.91 Å². The Labute approximate surface area is 141 Å². The van der Waals surface area contributed by atoms with E-state index in [1.165, 1.54) is 6.08 Å². The predicted octanol–water partition coefficient (Wildman–Crippen LogP) is 3.57. The molecule has 0 unspecified atom stereocenters. The fraction of sp³-hybridized carbons (Fsp3) is 0.200. The molecule has 0 spiro atoms. The van der Waals surface area contributed by atoms with Crippen molar-refractivity contribution in [3.05, 3.63) is 71.8 Å². The fourth-order valence-electron chi connectivity index (χ4n) is 2.78. The molecule has 1 N–H and O–H groups in total. The zero-order chi connectivity index (χ0) is 16.8. The van der Waals surface area contributed by atoms with Gasteiger partial charge in [0.1, 0.15) is 0 Å². The lowest BCUT2D eigenvalue weighted by Gasteiger charge is -2.17. The van der Waals surface area contributed by atoms with Gasteiger partial charge < -0.3 is 10.2 Å². The number of likely N-dealkylation sites (tertiary alicyclic amines) is 1. The van der Waals surface area contributed by atoms with Gasteiger partial charge in [-0.05, 0) is 36.6 Å². The molecule has 1 heterocycles. The molecule has 4 nitrogen and oxygen atoms in total. The van der Waals surface area contributed by atoms with Gasteiger partial charge in [-0.1, -0.05) is 42.5 Å². The number of nitrogens with one attached hydrogen (secondary N) is 1. The molecule has 2 aromatic rings. The average molecular weight is 320 g/mol. The summed E-state index contributed by atoms with van der Waals surface area (Å²) in [5.74, 6) is -0.268. The topological polar surface area (TPSA) is 49.4 Å². The number of hydrogen-bond acceptors (Lipinski definition) is 2. The molecule has 1 saturated heterocycles. The van der Waals surface area contributed by atoms with Crippen LogP contribution in [0.3, 0.4) is 0 Å². The average Bonchev–Trinajstić information content (AvgIpc) is 3.15. The highest BCUT2D eigenvalue weighted by Crippen LogP contribution is 2.20. The summed E-state index contributed by atoms with van der Waals surface area (Å²) in [6.45, 7) is 1.57. The predicted molar refractivity (Wildman–Crippen MR) is 95.7 cm³/mol. The minimum atomic E-state index is -0.250. The molecule has 0 bridgehead atoms. The molecule has 0 aromatic heterocycles. The lowest BCUT2D eigenvalue weighted by Crippen LogP contribution is -2.28. The number of carbonyl (C=O) groups excluding carboxylic acids is 2. The van der Waals surface area contributed by atoms with Crippen molar-refractivity contribution >= 4 is 23.6 Å². The van der Waals surface area contributed by atoms with E-state index in [2.05, 4.69) is 5.32 Å². The van der Waals surface area contributed by atoms with Crippen LogP contribution in [0.1, 0.15) is 28.8 Å². The number of amides is 2. The molecule has 0 saturated carbocycles. The molecule has 122 valence electrons. The van der Waals surface area contributed by atoms with Crippen molar-refractivity contribution in [1.29, 1.82) is 0 Å².